The van der Waals surface area contributed by atoms with Crippen LogP contribution in [0, 0.1) is 4.77 Å². The van der Waals surface area contributed by atoms with Gasteiger partial charge in [0.1, 0.15) is 0 Å². The number of nitrogens with one attached hydrogen (secondary N) is 1. The van der Waals surface area contributed by atoms with Crippen molar-refractivity contribution in [1.82, 2.24) is 20.2 Å². The number of hydrogen-bond acceptors (Lipinski definition) is 6. The fourth-order valence-electron chi connectivity index (χ4n) is 1.25. The van der Waals surface area contributed by atoms with E-state index >= 15 is 0 Å². The third kappa shape index (κ3) is 2.72. The molecule has 0 saturated carbocycles. The summed E-state index contributed by atoms with van der Waals surface area (Å²) in [6.07, 6.45) is 5.93. The lowest BCUT2D eigenvalue weighted by Crippen LogP contribution is -2.05. The quantitative estimate of drug-likeness (QED) is 0.482. The van der Waals surface area contributed by atoms with Crippen molar-refractivity contribution in [2.24, 2.45) is 5.16 Å². The van der Waals surface area contributed by atoms with Crippen molar-refractivity contribution in [1.29, 1.82) is 0 Å². The summed E-state index contributed by atoms with van der Waals surface area (Å²) in [4.78, 5) is 15.1. The molecule has 1 aromatic heterocycles. The van der Waals surface area contributed by atoms with Gasteiger partial charge in [0, 0.05) is 13.3 Å². The highest BCUT2D eigenvalue weighted by Gasteiger charge is 2.07. The normalized spacial score (nSPS) is 17.0. The van der Waals surface area contributed by atoms with Gasteiger partial charge in [-0.2, -0.15) is 5.21 Å². The van der Waals surface area contributed by atoms with Crippen molar-refractivity contribution >= 4 is 29.6 Å². The number of nitrogens with zero attached hydrogens (tertiary/aromatic N) is 4. The summed E-state index contributed by atoms with van der Waals surface area (Å²) in [6, 6.07) is 0. The van der Waals surface area contributed by atoms with Gasteiger partial charge in [0.25, 0.3) is 0 Å². The molecule has 1 aliphatic rings. The van der Waals surface area contributed by atoms with Crippen LogP contribution >= 0.6 is 12.2 Å². The molecule has 0 unspecified atom stereocenters. The lowest BCUT2D eigenvalue weighted by Gasteiger charge is -2.07. The topological polar surface area (TPSA) is 85.2 Å². The van der Waals surface area contributed by atoms with Crippen LogP contribution < -0.4 is 0 Å². The van der Waals surface area contributed by atoms with Gasteiger partial charge in [-0.05, 0) is 24.4 Å². The van der Waals surface area contributed by atoms with E-state index in [2.05, 4.69) is 25.5 Å². The van der Waals surface area contributed by atoms with Crippen molar-refractivity contribution < 1.29 is 9.63 Å². The second kappa shape index (κ2) is 4.83. The van der Waals surface area contributed by atoms with Crippen molar-refractivity contribution in [2.45, 2.75) is 13.3 Å². The van der Waals surface area contributed by atoms with E-state index in [1.807, 2.05) is 6.08 Å². The van der Waals surface area contributed by atoms with Gasteiger partial charge in [-0.1, -0.05) is 21.5 Å². The molecule has 1 N–H and O–H groups in total. The number of tetrazole rings is 1. The molecule has 0 fully saturated rings. The lowest BCUT2D eigenvalue weighted by molar-refractivity contribution is -0.140. The van der Waals surface area contributed by atoms with Gasteiger partial charge in [-0.25, -0.2) is 9.48 Å². The third-order valence-corrected chi connectivity index (χ3v) is 2.25. The standard InChI is InChI=1S/C9H9N5O2S/c1-6(15)16-11-7-2-4-8(5-3-7)14-9(17)10-12-13-14/h2,4-5H,3H2,1H3,(H,10,13,17). The number of oxime groups is 1. The molecule has 0 saturated heterocycles. The molecule has 88 valence electrons. The van der Waals surface area contributed by atoms with Crippen LogP contribution in [0.2, 0.25) is 0 Å². The van der Waals surface area contributed by atoms with E-state index in [1.165, 1.54) is 6.92 Å². The monoisotopic (exact) mass is 251 g/mol. The molecule has 0 amide bonds. The number of carbonyl (C=O) groups excluding carboxylic acids is 1. The first-order valence-corrected chi connectivity index (χ1v) is 5.21. The van der Waals surface area contributed by atoms with Crippen LogP contribution in [0.15, 0.2) is 23.4 Å². The van der Waals surface area contributed by atoms with Gasteiger partial charge in [-0.3, -0.25) is 0 Å². The Morgan fingerprint density at radius 1 is 1.65 bits per heavy atom. The highest BCUT2D eigenvalue weighted by atomic mass is 32.1. The molecule has 1 aromatic rings. The highest BCUT2D eigenvalue weighted by Crippen LogP contribution is 2.12. The Balaban J connectivity index is 2.12. The summed E-state index contributed by atoms with van der Waals surface area (Å²) in [5.74, 6) is -0.444. The zero-order valence-corrected chi connectivity index (χ0v) is 9.77. The molecule has 2 rings (SSSR count). The van der Waals surface area contributed by atoms with Crippen LogP contribution in [0.4, 0.5) is 0 Å². The largest absolute Gasteiger partial charge is 0.331 e. The minimum absolute atomic E-state index is 0.348. The third-order valence-electron chi connectivity index (χ3n) is 1.99. The molecule has 17 heavy (non-hydrogen) atoms. The fraction of sp³-hybridized carbons (Fsp3) is 0.222. The maximum absolute atomic E-state index is 10.6. The average Bonchev–Trinajstić information content (AvgIpc) is 2.73. The summed E-state index contributed by atoms with van der Waals surface area (Å²) in [7, 11) is 0. The van der Waals surface area contributed by atoms with Crippen LogP contribution in [0.25, 0.3) is 5.70 Å². The van der Waals surface area contributed by atoms with Gasteiger partial charge >= 0.3 is 5.97 Å². The second-order valence-electron chi connectivity index (χ2n) is 3.25. The van der Waals surface area contributed by atoms with Crippen molar-refractivity contribution in [3.8, 4) is 0 Å². The molecule has 0 atom stereocenters. The Hall–Kier alpha value is -2.09. The number of carbonyl (C=O) groups is 1. The summed E-state index contributed by atoms with van der Waals surface area (Å²) in [5, 5.41) is 13.6. The summed E-state index contributed by atoms with van der Waals surface area (Å²) in [5.41, 5.74) is 1.48. The number of H-pyrrole nitrogens is 1. The zero-order chi connectivity index (χ0) is 12.3. The number of hydrogen-bond donors (Lipinski definition) is 1. The Kier molecular flexibility index (Phi) is 3.24. The molecule has 8 heteroatoms. The van der Waals surface area contributed by atoms with E-state index in [0.717, 1.165) is 5.70 Å². The molecular formula is C9H9N5O2S. The molecule has 1 heterocycles. The van der Waals surface area contributed by atoms with E-state index in [4.69, 9.17) is 12.2 Å². The molecule has 7 nitrogen and oxygen atoms in total. The molecule has 0 bridgehead atoms. The first-order valence-electron chi connectivity index (χ1n) is 4.80. The van der Waals surface area contributed by atoms with Crippen LogP contribution in [-0.4, -0.2) is 31.9 Å². The molecule has 1 aliphatic carbocycles. The zero-order valence-electron chi connectivity index (χ0n) is 8.95. The lowest BCUT2D eigenvalue weighted by atomic mass is 10.1. The van der Waals surface area contributed by atoms with E-state index in [-0.39, 0.29) is 0 Å². The average molecular weight is 251 g/mol. The molecule has 0 aromatic carbocycles. The minimum Gasteiger partial charge on any atom is -0.318 e. The van der Waals surface area contributed by atoms with E-state index in [1.54, 1.807) is 16.8 Å². The Morgan fingerprint density at radius 2 is 2.47 bits per heavy atom. The van der Waals surface area contributed by atoms with Crippen LogP contribution in [0.5, 0.6) is 0 Å². The van der Waals surface area contributed by atoms with Crippen molar-refractivity contribution in [3.63, 3.8) is 0 Å². The number of rotatable bonds is 2. The van der Waals surface area contributed by atoms with E-state index < -0.39 is 5.97 Å². The number of aromatic nitrogens is 4. The first-order chi connectivity index (χ1) is 8.16. The van der Waals surface area contributed by atoms with Gasteiger partial charge in [0.15, 0.2) is 0 Å². The Morgan fingerprint density at radius 3 is 3.00 bits per heavy atom. The van der Waals surface area contributed by atoms with Crippen LogP contribution in [-0.2, 0) is 9.63 Å². The molecule has 0 aliphatic heterocycles. The Labute approximate surface area is 101 Å². The fourth-order valence-corrected chi connectivity index (χ4v) is 1.44. The minimum atomic E-state index is -0.444. The van der Waals surface area contributed by atoms with Gasteiger partial charge < -0.3 is 4.84 Å². The van der Waals surface area contributed by atoms with Gasteiger partial charge in [0.2, 0.25) is 4.77 Å². The van der Waals surface area contributed by atoms with Crippen molar-refractivity contribution in [3.05, 3.63) is 23.0 Å². The van der Waals surface area contributed by atoms with E-state index in [0.29, 0.717) is 16.9 Å². The molecular weight excluding hydrogens is 242 g/mol. The summed E-state index contributed by atoms with van der Waals surface area (Å²) >= 11 is 4.96. The summed E-state index contributed by atoms with van der Waals surface area (Å²) in [6.45, 7) is 1.30. The van der Waals surface area contributed by atoms with Gasteiger partial charge in [-0.15, -0.1) is 0 Å². The van der Waals surface area contributed by atoms with Crippen LogP contribution in [0.1, 0.15) is 13.3 Å². The van der Waals surface area contributed by atoms with E-state index in [9.17, 15) is 4.79 Å². The Bertz CT molecular complexity index is 580. The number of allylic oxidation sites excluding steroid dienone is 4. The van der Waals surface area contributed by atoms with Crippen LogP contribution in [0.3, 0.4) is 0 Å². The number of aromatic amines is 1. The van der Waals surface area contributed by atoms with Crippen molar-refractivity contribution in [2.75, 3.05) is 0 Å². The SMILES string of the molecule is CC(=O)ON=C1C=CC(n2[nH]nnc2=S)=CC1. The maximum atomic E-state index is 10.6. The predicted molar refractivity (Wildman–Crippen MR) is 62.4 cm³/mol. The highest BCUT2D eigenvalue weighted by molar-refractivity contribution is 7.71. The predicted octanol–water partition coefficient (Wildman–Crippen LogP) is 1.06. The molecule has 0 spiro atoms. The smallest absolute Gasteiger partial charge is 0.318 e. The second-order valence-corrected chi connectivity index (χ2v) is 3.62. The van der Waals surface area contributed by atoms with Gasteiger partial charge in [0.05, 0.1) is 11.4 Å². The first kappa shape index (κ1) is 11.4. The summed E-state index contributed by atoms with van der Waals surface area (Å²) < 4.78 is 1.91. The maximum Gasteiger partial charge on any atom is 0.331 e. The molecule has 0 radical (unpaired) electrons.